The molecule has 0 spiro atoms. The quantitative estimate of drug-likeness (QED) is 0.502. The molecule has 1 amide bonds. The fourth-order valence-corrected chi connectivity index (χ4v) is 2.73. The fourth-order valence-electron chi connectivity index (χ4n) is 2.03. The lowest BCUT2D eigenvalue weighted by atomic mass is 10.1. The summed E-state index contributed by atoms with van der Waals surface area (Å²) in [5.41, 5.74) is -0.506. The van der Waals surface area contributed by atoms with E-state index in [0.29, 0.717) is 4.90 Å². The van der Waals surface area contributed by atoms with Gasteiger partial charge < -0.3 is 4.42 Å². The average molecular weight is 397 g/mol. The van der Waals surface area contributed by atoms with Crippen molar-refractivity contribution in [3.05, 3.63) is 59.9 Å². The van der Waals surface area contributed by atoms with Crippen LogP contribution in [0.15, 0.2) is 57.8 Å². The first-order valence-corrected chi connectivity index (χ1v) is 8.49. The number of halogens is 4. The summed E-state index contributed by atoms with van der Waals surface area (Å²) in [7, 11) is 0. The van der Waals surface area contributed by atoms with Gasteiger partial charge in [-0.3, -0.25) is 10.1 Å². The predicted molar refractivity (Wildman–Crippen MR) is 90.5 cm³/mol. The molecule has 3 rings (SSSR count). The zero-order valence-electron chi connectivity index (χ0n) is 13.5. The van der Waals surface area contributed by atoms with Gasteiger partial charge in [0.25, 0.3) is 0 Å². The lowest BCUT2D eigenvalue weighted by molar-refractivity contribution is -0.137. The van der Waals surface area contributed by atoms with Crippen LogP contribution in [0.1, 0.15) is 5.56 Å². The Bertz CT molecular complexity index is 925. The van der Waals surface area contributed by atoms with E-state index in [1.54, 1.807) is 12.1 Å². The lowest BCUT2D eigenvalue weighted by Crippen LogP contribution is -2.14. The third kappa shape index (κ3) is 5.07. The Balaban J connectivity index is 1.58. The van der Waals surface area contributed by atoms with Crippen molar-refractivity contribution in [2.24, 2.45) is 0 Å². The average Bonchev–Trinajstić information content (AvgIpc) is 3.09. The second-order valence-corrected chi connectivity index (χ2v) is 6.33. The number of aromatic nitrogens is 2. The Morgan fingerprint density at radius 3 is 2.33 bits per heavy atom. The van der Waals surface area contributed by atoms with Gasteiger partial charge in [-0.2, -0.15) is 13.2 Å². The zero-order valence-corrected chi connectivity index (χ0v) is 14.3. The summed E-state index contributed by atoms with van der Waals surface area (Å²) in [6.07, 6.45) is -4.44. The van der Waals surface area contributed by atoms with Gasteiger partial charge in [0.15, 0.2) is 0 Å². The molecule has 2 aromatic carbocycles. The number of nitrogens with zero attached hydrogens (tertiary/aromatic N) is 2. The number of amides is 1. The standard InChI is InChI=1S/C17H11F4N3O2S/c18-12-5-7-13(8-6-12)27-9-14(25)22-16-24-23-15(26-16)10-1-3-11(4-2-10)17(19,20)21/h1-8H,9H2,(H,22,24,25). The molecule has 10 heteroatoms. The number of hydrogen-bond donors (Lipinski definition) is 1. The van der Waals surface area contributed by atoms with Crippen molar-refractivity contribution in [2.45, 2.75) is 11.1 Å². The number of hydrogen-bond acceptors (Lipinski definition) is 5. The minimum Gasteiger partial charge on any atom is -0.403 e. The normalized spacial score (nSPS) is 11.4. The van der Waals surface area contributed by atoms with Crippen molar-refractivity contribution < 1.29 is 26.8 Å². The molecule has 27 heavy (non-hydrogen) atoms. The molecule has 1 aromatic heterocycles. The summed E-state index contributed by atoms with van der Waals surface area (Å²) in [5.74, 6) is -0.786. The van der Waals surface area contributed by atoms with E-state index < -0.39 is 17.6 Å². The van der Waals surface area contributed by atoms with E-state index in [2.05, 4.69) is 15.5 Å². The molecular weight excluding hydrogens is 386 g/mol. The molecule has 0 aliphatic heterocycles. The highest BCUT2D eigenvalue weighted by Crippen LogP contribution is 2.31. The van der Waals surface area contributed by atoms with Crippen LogP contribution in [0.3, 0.4) is 0 Å². The molecule has 0 saturated carbocycles. The van der Waals surface area contributed by atoms with E-state index in [-0.39, 0.29) is 29.0 Å². The summed E-state index contributed by atoms with van der Waals surface area (Å²) < 4.78 is 55.8. The predicted octanol–water partition coefficient (Wildman–Crippen LogP) is 4.63. The molecular formula is C17H11F4N3O2S. The van der Waals surface area contributed by atoms with Crippen LogP contribution in [0.25, 0.3) is 11.5 Å². The van der Waals surface area contributed by atoms with Crippen molar-refractivity contribution in [1.82, 2.24) is 10.2 Å². The summed E-state index contributed by atoms with van der Waals surface area (Å²) in [5, 5.41) is 9.73. The van der Waals surface area contributed by atoms with Gasteiger partial charge in [-0.05, 0) is 48.5 Å². The van der Waals surface area contributed by atoms with Crippen LogP contribution in [-0.4, -0.2) is 21.9 Å². The Morgan fingerprint density at radius 1 is 1.04 bits per heavy atom. The SMILES string of the molecule is O=C(CSc1ccc(F)cc1)Nc1nnc(-c2ccc(C(F)(F)F)cc2)o1. The molecule has 0 unspecified atom stereocenters. The van der Waals surface area contributed by atoms with E-state index in [0.717, 1.165) is 12.1 Å². The first-order valence-electron chi connectivity index (χ1n) is 7.50. The van der Waals surface area contributed by atoms with Crippen molar-refractivity contribution in [1.29, 1.82) is 0 Å². The third-order valence-electron chi connectivity index (χ3n) is 3.31. The molecule has 1 heterocycles. The molecule has 0 atom stereocenters. The monoisotopic (exact) mass is 397 g/mol. The highest BCUT2D eigenvalue weighted by atomic mass is 32.2. The number of anilines is 1. The Hall–Kier alpha value is -2.88. The summed E-state index contributed by atoms with van der Waals surface area (Å²) in [4.78, 5) is 12.6. The molecule has 3 aromatic rings. The Morgan fingerprint density at radius 2 is 1.70 bits per heavy atom. The first-order chi connectivity index (χ1) is 12.8. The van der Waals surface area contributed by atoms with Crippen molar-refractivity contribution >= 4 is 23.7 Å². The van der Waals surface area contributed by atoms with E-state index in [1.807, 2.05) is 0 Å². The van der Waals surface area contributed by atoms with Crippen LogP contribution in [0.2, 0.25) is 0 Å². The van der Waals surface area contributed by atoms with E-state index in [9.17, 15) is 22.4 Å². The fraction of sp³-hybridized carbons (Fsp3) is 0.118. The number of thioether (sulfide) groups is 1. The largest absolute Gasteiger partial charge is 0.416 e. The van der Waals surface area contributed by atoms with E-state index in [1.165, 1.54) is 36.0 Å². The summed E-state index contributed by atoms with van der Waals surface area (Å²) in [6.45, 7) is 0. The molecule has 0 saturated heterocycles. The van der Waals surface area contributed by atoms with Crippen LogP contribution in [-0.2, 0) is 11.0 Å². The maximum atomic E-state index is 12.8. The van der Waals surface area contributed by atoms with Gasteiger partial charge >= 0.3 is 12.2 Å². The molecule has 140 valence electrons. The number of benzene rings is 2. The van der Waals surface area contributed by atoms with Gasteiger partial charge in [-0.25, -0.2) is 4.39 Å². The van der Waals surface area contributed by atoms with Gasteiger partial charge in [0.1, 0.15) is 5.82 Å². The molecule has 0 radical (unpaired) electrons. The number of carbonyl (C=O) groups is 1. The molecule has 5 nitrogen and oxygen atoms in total. The van der Waals surface area contributed by atoms with E-state index in [4.69, 9.17) is 4.42 Å². The number of rotatable bonds is 5. The van der Waals surface area contributed by atoms with Gasteiger partial charge in [0.2, 0.25) is 11.8 Å². The molecule has 0 aliphatic rings. The van der Waals surface area contributed by atoms with Crippen LogP contribution >= 0.6 is 11.8 Å². The molecule has 0 bridgehead atoms. The Labute approximate surface area is 154 Å². The highest BCUT2D eigenvalue weighted by molar-refractivity contribution is 8.00. The van der Waals surface area contributed by atoms with Crippen LogP contribution in [0.4, 0.5) is 23.6 Å². The van der Waals surface area contributed by atoms with Crippen LogP contribution in [0.5, 0.6) is 0 Å². The van der Waals surface area contributed by atoms with Gasteiger partial charge in [-0.1, -0.05) is 5.10 Å². The molecule has 0 fully saturated rings. The number of nitrogens with one attached hydrogen (secondary N) is 1. The summed E-state index contributed by atoms with van der Waals surface area (Å²) in [6, 6.07) is 9.69. The number of alkyl halides is 3. The maximum absolute atomic E-state index is 12.8. The van der Waals surface area contributed by atoms with E-state index >= 15 is 0 Å². The van der Waals surface area contributed by atoms with Gasteiger partial charge in [0, 0.05) is 10.5 Å². The second-order valence-electron chi connectivity index (χ2n) is 5.28. The highest BCUT2D eigenvalue weighted by Gasteiger charge is 2.30. The van der Waals surface area contributed by atoms with Gasteiger partial charge in [0.05, 0.1) is 11.3 Å². The van der Waals surface area contributed by atoms with Crippen molar-refractivity contribution in [3.63, 3.8) is 0 Å². The zero-order chi connectivity index (χ0) is 19.4. The Kier molecular flexibility index (Phi) is 5.45. The minimum atomic E-state index is -4.44. The maximum Gasteiger partial charge on any atom is 0.416 e. The molecule has 0 aliphatic carbocycles. The molecule has 1 N–H and O–H groups in total. The smallest absolute Gasteiger partial charge is 0.403 e. The lowest BCUT2D eigenvalue weighted by Gasteiger charge is -2.05. The van der Waals surface area contributed by atoms with Crippen molar-refractivity contribution in [3.8, 4) is 11.5 Å². The van der Waals surface area contributed by atoms with Crippen molar-refractivity contribution in [2.75, 3.05) is 11.1 Å². The second kappa shape index (κ2) is 7.78. The first kappa shape index (κ1) is 18.9. The van der Waals surface area contributed by atoms with Crippen LogP contribution in [0, 0.1) is 5.82 Å². The van der Waals surface area contributed by atoms with Crippen LogP contribution < -0.4 is 5.32 Å². The third-order valence-corrected chi connectivity index (χ3v) is 4.33. The minimum absolute atomic E-state index is 0.0230. The topological polar surface area (TPSA) is 68.0 Å². The number of carbonyl (C=O) groups excluding carboxylic acids is 1. The summed E-state index contributed by atoms with van der Waals surface area (Å²) >= 11 is 1.19. The van der Waals surface area contributed by atoms with Gasteiger partial charge in [-0.15, -0.1) is 16.9 Å².